The fraction of sp³-hybridized carbons (Fsp3) is 0.312. The highest BCUT2D eigenvalue weighted by molar-refractivity contribution is 5.26. The summed E-state index contributed by atoms with van der Waals surface area (Å²) < 4.78 is 1.68. The number of hydrogen-bond acceptors (Lipinski definition) is 5. The minimum Gasteiger partial charge on any atom is -0.384 e. The van der Waals surface area contributed by atoms with Crippen molar-refractivity contribution in [2.75, 3.05) is 13.1 Å². The summed E-state index contributed by atoms with van der Waals surface area (Å²) in [6.07, 6.45) is 4.27. The van der Waals surface area contributed by atoms with Crippen LogP contribution in [0.5, 0.6) is 0 Å². The van der Waals surface area contributed by atoms with Crippen molar-refractivity contribution >= 4 is 5.78 Å². The maximum Gasteiger partial charge on any atom is 0.252 e. The van der Waals surface area contributed by atoms with E-state index in [9.17, 15) is 5.11 Å². The molecule has 1 N–H and O–H groups in total. The monoisotopic (exact) mass is 295 g/mol. The number of nitrogens with zero attached hydrogens (tertiary/aromatic N) is 5. The van der Waals surface area contributed by atoms with E-state index in [1.165, 1.54) is 0 Å². The second kappa shape index (κ2) is 5.15. The molecule has 1 fully saturated rings. The summed E-state index contributed by atoms with van der Waals surface area (Å²) in [5, 5.41) is 15.3. The van der Waals surface area contributed by atoms with Crippen molar-refractivity contribution < 1.29 is 5.11 Å². The van der Waals surface area contributed by atoms with Gasteiger partial charge in [-0.05, 0) is 18.1 Å². The summed E-state index contributed by atoms with van der Waals surface area (Å²) in [6, 6.07) is 11.7. The van der Waals surface area contributed by atoms with Crippen LogP contribution in [0, 0.1) is 0 Å². The maximum atomic E-state index is 10.9. The van der Waals surface area contributed by atoms with Gasteiger partial charge >= 0.3 is 0 Å². The van der Waals surface area contributed by atoms with Crippen LogP contribution in [0.15, 0.2) is 48.8 Å². The molecule has 112 valence electrons. The summed E-state index contributed by atoms with van der Waals surface area (Å²) in [5.41, 5.74) is 0.195. The van der Waals surface area contributed by atoms with Crippen LogP contribution in [0.4, 0.5) is 0 Å². The Balaban J connectivity index is 1.51. The molecule has 0 saturated carbocycles. The molecule has 0 bridgehead atoms. The molecule has 0 unspecified atom stereocenters. The molecule has 0 amide bonds. The average Bonchev–Trinajstić information content (AvgIpc) is 3.12. The van der Waals surface area contributed by atoms with Crippen molar-refractivity contribution in [3.63, 3.8) is 0 Å². The van der Waals surface area contributed by atoms with E-state index in [4.69, 9.17) is 0 Å². The Morgan fingerprint density at radius 3 is 2.86 bits per heavy atom. The average molecular weight is 295 g/mol. The number of hydrogen-bond donors (Lipinski definition) is 1. The second-order valence-corrected chi connectivity index (χ2v) is 5.75. The lowest BCUT2D eigenvalue weighted by Gasteiger charge is -2.23. The lowest BCUT2D eigenvalue weighted by molar-refractivity contribution is 0.0450. The van der Waals surface area contributed by atoms with Gasteiger partial charge in [0.05, 0.1) is 6.54 Å². The molecule has 1 aromatic carbocycles. The third kappa shape index (κ3) is 2.36. The number of fused-ring (bicyclic) bond motifs is 1. The van der Waals surface area contributed by atoms with E-state index in [0.717, 1.165) is 24.4 Å². The van der Waals surface area contributed by atoms with Crippen LogP contribution < -0.4 is 0 Å². The fourth-order valence-corrected chi connectivity index (χ4v) is 3.03. The third-order valence-electron chi connectivity index (χ3n) is 4.16. The van der Waals surface area contributed by atoms with E-state index in [1.54, 1.807) is 10.7 Å². The van der Waals surface area contributed by atoms with E-state index >= 15 is 0 Å². The smallest absolute Gasteiger partial charge is 0.252 e. The van der Waals surface area contributed by atoms with E-state index in [2.05, 4.69) is 20.0 Å². The van der Waals surface area contributed by atoms with Crippen LogP contribution in [0.1, 0.15) is 17.8 Å². The first kappa shape index (κ1) is 13.4. The summed E-state index contributed by atoms with van der Waals surface area (Å²) in [5.74, 6) is 1.34. The predicted octanol–water partition coefficient (Wildman–Crippen LogP) is 1.22. The topological polar surface area (TPSA) is 66.5 Å². The molecule has 4 rings (SSSR count). The number of β-amino-alcohol motifs (C(OH)–C–C–N with tert-alkyl or cyclic N) is 1. The molecule has 6 nitrogen and oxygen atoms in total. The fourth-order valence-electron chi connectivity index (χ4n) is 3.03. The molecular weight excluding hydrogens is 278 g/mol. The molecular formula is C16H17N5O. The maximum absolute atomic E-state index is 10.9. The molecule has 1 aliphatic rings. The van der Waals surface area contributed by atoms with Gasteiger partial charge in [-0.1, -0.05) is 30.3 Å². The summed E-state index contributed by atoms with van der Waals surface area (Å²) in [7, 11) is 0. The molecule has 3 aromatic rings. The lowest BCUT2D eigenvalue weighted by atomic mass is 9.93. The van der Waals surface area contributed by atoms with Gasteiger partial charge in [-0.15, -0.1) is 5.10 Å². The van der Waals surface area contributed by atoms with Crippen LogP contribution in [0.2, 0.25) is 0 Å². The van der Waals surface area contributed by atoms with Gasteiger partial charge in [0.1, 0.15) is 5.60 Å². The highest BCUT2D eigenvalue weighted by Crippen LogP contribution is 2.32. The van der Waals surface area contributed by atoms with Crippen LogP contribution in [0.3, 0.4) is 0 Å². The Bertz CT molecular complexity index is 754. The highest BCUT2D eigenvalue weighted by Gasteiger charge is 2.37. The minimum absolute atomic E-state index is 0.597. The molecule has 1 atom stereocenters. The Hall–Kier alpha value is -2.31. The lowest BCUT2D eigenvalue weighted by Crippen LogP contribution is -2.30. The molecule has 1 saturated heterocycles. The molecule has 3 heterocycles. The molecule has 0 spiro atoms. The minimum atomic E-state index is -0.779. The summed E-state index contributed by atoms with van der Waals surface area (Å²) in [4.78, 5) is 10.8. The van der Waals surface area contributed by atoms with Gasteiger partial charge in [0.2, 0.25) is 0 Å². The van der Waals surface area contributed by atoms with Gasteiger partial charge < -0.3 is 5.11 Å². The number of rotatable bonds is 3. The van der Waals surface area contributed by atoms with Gasteiger partial charge in [0.25, 0.3) is 5.78 Å². The first-order valence-electron chi connectivity index (χ1n) is 7.39. The quantitative estimate of drug-likeness (QED) is 0.787. The van der Waals surface area contributed by atoms with Crippen molar-refractivity contribution in [2.24, 2.45) is 0 Å². The first-order valence-corrected chi connectivity index (χ1v) is 7.39. The number of aliphatic hydroxyl groups is 1. The van der Waals surface area contributed by atoms with Gasteiger partial charge in [0.15, 0.2) is 5.82 Å². The zero-order valence-corrected chi connectivity index (χ0v) is 12.1. The third-order valence-corrected chi connectivity index (χ3v) is 4.16. The van der Waals surface area contributed by atoms with Crippen LogP contribution >= 0.6 is 0 Å². The van der Waals surface area contributed by atoms with Gasteiger partial charge in [-0.3, -0.25) is 4.90 Å². The largest absolute Gasteiger partial charge is 0.384 e. The molecule has 22 heavy (non-hydrogen) atoms. The Kier molecular flexibility index (Phi) is 3.13. The van der Waals surface area contributed by atoms with Gasteiger partial charge in [0, 0.05) is 25.5 Å². The van der Waals surface area contributed by atoms with Crippen LogP contribution in [-0.4, -0.2) is 42.7 Å². The van der Waals surface area contributed by atoms with Crippen molar-refractivity contribution in [2.45, 2.75) is 18.6 Å². The number of aromatic nitrogens is 4. The predicted molar refractivity (Wildman–Crippen MR) is 81.0 cm³/mol. The second-order valence-electron chi connectivity index (χ2n) is 5.75. The number of benzene rings is 1. The Morgan fingerprint density at radius 2 is 2.05 bits per heavy atom. The van der Waals surface area contributed by atoms with Gasteiger partial charge in [-0.25, -0.2) is 9.50 Å². The summed E-state index contributed by atoms with van der Waals surface area (Å²) in [6.45, 7) is 2.05. The Labute approximate surface area is 128 Å². The molecule has 0 aliphatic carbocycles. The SMILES string of the molecule is O[C@]1(c2ccccc2)CCN(Cc2nc3ncccn3n2)C1. The van der Waals surface area contributed by atoms with Crippen molar-refractivity contribution in [1.82, 2.24) is 24.5 Å². The first-order chi connectivity index (χ1) is 10.7. The molecule has 6 heteroatoms. The van der Waals surface area contributed by atoms with E-state index in [1.807, 2.05) is 42.6 Å². The van der Waals surface area contributed by atoms with Crippen LogP contribution in [-0.2, 0) is 12.1 Å². The molecule has 0 radical (unpaired) electrons. The highest BCUT2D eigenvalue weighted by atomic mass is 16.3. The molecule has 1 aliphatic heterocycles. The van der Waals surface area contributed by atoms with Crippen molar-refractivity contribution in [3.8, 4) is 0 Å². The van der Waals surface area contributed by atoms with Crippen molar-refractivity contribution in [1.29, 1.82) is 0 Å². The van der Waals surface area contributed by atoms with Gasteiger partial charge in [-0.2, -0.15) is 4.98 Å². The molecule has 2 aromatic heterocycles. The van der Waals surface area contributed by atoms with E-state index in [0.29, 0.717) is 18.9 Å². The van der Waals surface area contributed by atoms with Crippen LogP contribution in [0.25, 0.3) is 5.78 Å². The Morgan fingerprint density at radius 1 is 1.18 bits per heavy atom. The standard InChI is InChI=1S/C16H17N5O/c22-16(13-5-2-1-3-6-13)7-10-20(12-16)11-14-18-15-17-8-4-9-21(15)19-14/h1-6,8-9,22H,7,10-12H2/t16-/m1/s1. The van der Waals surface area contributed by atoms with E-state index < -0.39 is 5.60 Å². The number of likely N-dealkylation sites (tertiary alicyclic amines) is 1. The van der Waals surface area contributed by atoms with E-state index in [-0.39, 0.29) is 0 Å². The van der Waals surface area contributed by atoms with Crippen molar-refractivity contribution in [3.05, 3.63) is 60.2 Å². The zero-order chi connectivity index (χ0) is 15.0. The zero-order valence-electron chi connectivity index (χ0n) is 12.1. The summed E-state index contributed by atoms with van der Waals surface area (Å²) >= 11 is 0. The normalized spacial score (nSPS) is 22.4.